The summed E-state index contributed by atoms with van der Waals surface area (Å²) in [7, 11) is 2.10. The average molecular weight is 532 g/mol. The van der Waals surface area contributed by atoms with E-state index in [1.54, 1.807) is 12.1 Å². The van der Waals surface area contributed by atoms with Gasteiger partial charge in [0.2, 0.25) is 0 Å². The van der Waals surface area contributed by atoms with Crippen LogP contribution in [0.4, 0.5) is 10.5 Å². The first-order valence-corrected chi connectivity index (χ1v) is 13.2. The Bertz CT molecular complexity index is 1190. The summed E-state index contributed by atoms with van der Waals surface area (Å²) in [6, 6.07) is 21.2. The van der Waals surface area contributed by atoms with Crippen molar-refractivity contribution in [3.05, 3.63) is 108 Å². The number of pyridine rings is 1. The number of likely N-dealkylation sites (N-methyl/N-ethyl adjacent to an activating group) is 1. The summed E-state index contributed by atoms with van der Waals surface area (Å²) >= 11 is 0. The van der Waals surface area contributed by atoms with Crippen LogP contribution in [0.5, 0.6) is 0 Å². The Balaban J connectivity index is 1.49. The summed E-state index contributed by atoms with van der Waals surface area (Å²) in [5.74, 6) is 0.0825. The van der Waals surface area contributed by atoms with Gasteiger partial charge in [0, 0.05) is 48.6 Å². The molecular weight excluding hydrogens is 494 g/mol. The van der Waals surface area contributed by atoms with Crippen molar-refractivity contribution in [3.63, 3.8) is 0 Å². The van der Waals surface area contributed by atoms with Crippen LogP contribution in [0, 0.1) is 5.92 Å². The zero-order valence-electron chi connectivity index (χ0n) is 22.5. The van der Waals surface area contributed by atoms with Crippen LogP contribution in [-0.2, 0) is 27.2 Å². The molecular formula is C31H37N3O5. The largest absolute Gasteiger partial charge is 0.445 e. The van der Waals surface area contributed by atoms with Crippen molar-refractivity contribution >= 4 is 11.8 Å². The molecule has 0 bridgehead atoms. The molecule has 206 valence electrons. The number of ether oxygens (including phenoxy) is 3. The highest BCUT2D eigenvalue weighted by Gasteiger charge is 2.38. The monoisotopic (exact) mass is 531 g/mol. The highest BCUT2D eigenvalue weighted by Crippen LogP contribution is 2.42. The number of benzene rings is 2. The van der Waals surface area contributed by atoms with Gasteiger partial charge in [0.1, 0.15) is 6.61 Å². The van der Waals surface area contributed by atoms with Crippen LogP contribution >= 0.6 is 0 Å². The fraction of sp³-hybridized carbons (Fsp3) is 0.355. The predicted molar refractivity (Wildman–Crippen MR) is 150 cm³/mol. The van der Waals surface area contributed by atoms with E-state index in [0.717, 1.165) is 41.9 Å². The van der Waals surface area contributed by atoms with E-state index in [2.05, 4.69) is 35.8 Å². The van der Waals surface area contributed by atoms with Gasteiger partial charge in [-0.1, -0.05) is 62.0 Å². The van der Waals surface area contributed by atoms with E-state index in [-0.39, 0.29) is 31.3 Å². The highest BCUT2D eigenvalue weighted by atomic mass is 16.7. The van der Waals surface area contributed by atoms with Gasteiger partial charge in [0.15, 0.2) is 6.29 Å². The minimum atomic E-state index is -0.584. The Morgan fingerprint density at radius 2 is 1.85 bits per heavy atom. The molecule has 2 N–H and O–H groups in total. The van der Waals surface area contributed by atoms with Gasteiger partial charge in [-0.2, -0.15) is 0 Å². The topological polar surface area (TPSA) is 93.2 Å². The Kier molecular flexibility index (Phi) is 10.2. The van der Waals surface area contributed by atoms with Gasteiger partial charge in [0.25, 0.3) is 0 Å². The molecule has 1 aromatic heterocycles. The molecule has 1 fully saturated rings. The third-order valence-corrected chi connectivity index (χ3v) is 6.85. The third-order valence-electron chi connectivity index (χ3n) is 6.85. The number of rotatable bonds is 11. The van der Waals surface area contributed by atoms with Crippen molar-refractivity contribution in [2.45, 2.75) is 38.4 Å². The van der Waals surface area contributed by atoms with Gasteiger partial charge in [-0.05, 0) is 42.4 Å². The van der Waals surface area contributed by atoms with Gasteiger partial charge in [0.05, 0.1) is 18.8 Å². The lowest BCUT2D eigenvalue weighted by molar-refractivity contribution is -0.275. The fourth-order valence-corrected chi connectivity index (χ4v) is 4.59. The van der Waals surface area contributed by atoms with Gasteiger partial charge >= 0.3 is 6.09 Å². The molecule has 4 unspecified atom stereocenters. The number of nitrogens with zero attached hydrogens (tertiary/aromatic N) is 2. The number of aromatic nitrogens is 1. The van der Waals surface area contributed by atoms with Crippen molar-refractivity contribution in [3.8, 4) is 0 Å². The molecule has 0 aliphatic carbocycles. The molecule has 3 aromatic rings. The Labute approximate surface area is 230 Å². The standard InChI is InChI=1S/C31H37N3O5/c1-4-19-37-31(36)33-27-14-12-25(13-15-27)30-38-28(20-34(3)18-16-26-7-5-6-17-32-26)22(2)29(39-30)24-10-8-23(21-35)9-11-24/h4-15,17,22,28-30,35H,1,16,18-21H2,2-3H3,(H,33,36). The Morgan fingerprint density at radius 1 is 1.10 bits per heavy atom. The number of nitrogens with one attached hydrogen (secondary N) is 1. The first-order valence-electron chi connectivity index (χ1n) is 13.2. The molecule has 2 heterocycles. The number of carbonyl (C=O) groups excluding carboxylic acids is 1. The molecule has 4 rings (SSSR count). The fourth-order valence-electron chi connectivity index (χ4n) is 4.59. The van der Waals surface area contributed by atoms with Crippen LogP contribution in [0.25, 0.3) is 0 Å². The second-order valence-electron chi connectivity index (χ2n) is 9.79. The second kappa shape index (κ2) is 14.0. The van der Waals surface area contributed by atoms with Crippen LogP contribution in [0.15, 0.2) is 85.6 Å². The summed E-state index contributed by atoms with van der Waals surface area (Å²) in [6.07, 6.45) is 2.78. The zero-order valence-corrected chi connectivity index (χ0v) is 22.5. The number of aliphatic hydroxyl groups excluding tert-OH is 1. The summed E-state index contributed by atoms with van der Waals surface area (Å²) in [6.45, 7) is 7.42. The second-order valence-corrected chi connectivity index (χ2v) is 9.79. The van der Waals surface area contributed by atoms with Gasteiger partial charge in [-0.25, -0.2) is 4.79 Å². The number of aliphatic hydroxyl groups is 1. The molecule has 8 nitrogen and oxygen atoms in total. The SMILES string of the molecule is C=CCOC(=O)Nc1ccc(C2OC(CN(C)CCc3ccccn3)C(C)C(c3ccc(CO)cc3)O2)cc1. The van der Waals surface area contributed by atoms with Crippen LogP contribution in [0.2, 0.25) is 0 Å². The van der Waals surface area contributed by atoms with Crippen molar-refractivity contribution in [1.82, 2.24) is 9.88 Å². The maximum atomic E-state index is 11.9. The molecule has 0 radical (unpaired) electrons. The lowest BCUT2D eigenvalue weighted by Crippen LogP contribution is -2.43. The molecule has 0 spiro atoms. The number of amides is 1. The van der Waals surface area contributed by atoms with Gasteiger partial charge in [-0.15, -0.1) is 0 Å². The van der Waals surface area contributed by atoms with E-state index in [1.165, 1.54) is 6.08 Å². The van der Waals surface area contributed by atoms with Crippen LogP contribution in [0.3, 0.4) is 0 Å². The summed E-state index contributed by atoms with van der Waals surface area (Å²) in [5, 5.41) is 12.2. The zero-order chi connectivity index (χ0) is 27.6. The Morgan fingerprint density at radius 3 is 2.51 bits per heavy atom. The minimum absolute atomic E-state index is 0.00169. The van der Waals surface area contributed by atoms with E-state index < -0.39 is 12.4 Å². The molecule has 0 saturated carbocycles. The maximum Gasteiger partial charge on any atom is 0.411 e. The molecule has 8 heteroatoms. The molecule has 1 aliphatic rings. The first-order chi connectivity index (χ1) is 19.0. The summed E-state index contributed by atoms with van der Waals surface area (Å²) in [5.41, 5.74) is 4.42. The highest BCUT2D eigenvalue weighted by molar-refractivity contribution is 5.84. The van der Waals surface area contributed by atoms with Crippen LogP contribution in [-0.4, -0.2) is 53.9 Å². The number of carbonyl (C=O) groups is 1. The van der Waals surface area contributed by atoms with Gasteiger partial charge in [-0.3, -0.25) is 10.3 Å². The summed E-state index contributed by atoms with van der Waals surface area (Å²) in [4.78, 5) is 18.6. The summed E-state index contributed by atoms with van der Waals surface area (Å²) < 4.78 is 18.0. The van der Waals surface area contributed by atoms with E-state index in [4.69, 9.17) is 14.2 Å². The quantitative estimate of drug-likeness (QED) is 0.326. The van der Waals surface area contributed by atoms with Gasteiger partial charge < -0.3 is 24.2 Å². The van der Waals surface area contributed by atoms with E-state index in [0.29, 0.717) is 5.69 Å². The lowest BCUT2D eigenvalue weighted by Gasteiger charge is -2.42. The van der Waals surface area contributed by atoms with Crippen molar-refractivity contribution in [2.75, 3.05) is 32.1 Å². The number of hydrogen-bond donors (Lipinski definition) is 2. The molecule has 4 atom stereocenters. The van der Waals surface area contributed by atoms with E-state index in [1.807, 2.05) is 60.8 Å². The van der Waals surface area contributed by atoms with Crippen molar-refractivity contribution < 1.29 is 24.1 Å². The van der Waals surface area contributed by atoms with Crippen LogP contribution < -0.4 is 5.32 Å². The number of anilines is 1. The van der Waals surface area contributed by atoms with Crippen molar-refractivity contribution in [1.29, 1.82) is 0 Å². The third kappa shape index (κ3) is 7.97. The van der Waals surface area contributed by atoms with Crippen LogP contribution in [0.1, 0.15) is 41.7 Å². The molecule has 1 aliphatic heterocycles. The predicted octanol–water partition coefficient (Wildman–Crippen LogP) is 5.27. The van der Waals surface area contributed by atoms with Crippen molar-refractivity contribution in [2.24, 2.45) is 5.92 Å². The Hall–Kier alpha value is -3.56. The van der Waals surface area contributed by atoms with E-state index >= 15 is 0 Å². The lowest BCUT2D eigenvalue weighted by atomic mass is 9.90. The molecule has 1 amide bonds. The first kappa shape index (κ1) is 28.4. The molecule has 1 saturated heterocycles. The molecule has 2 aromatic carbocycles. The van der Waals surface area contributed by atoms with E-state index in [9.17, 15) is 9.90 Å². The minimum Gasteiger partial charge on any atom is -0.445 e. The normalized spacial score (nSPS) is 20.9. The number of hydrogen-bond acceptors (Lipinski definition) is 7. The smallest absolute Gasteiger partial charge is 0.411 e. The molecule has 39 heavy (non-hydrogen) atoms. The average Bonchev–Trinajstić information content (AvgIpc) is 2.97. The maximum absolute atomic E-state index is 11.9.